The van der Waals surface area contributed by atoms with Gasteiger partial charge in [-0.3, -0.25) is 4.79 Å². The van der Waals surface area contributed by atoms with Crippen molar-refractivity contribution in [3.05, 3.63) is 28.8 Å². The highest BCUT2D eigenvalue weighted by Gasteiger charge is 2.67. The van der Waals surface area contributed by atoms with Gasteiger partial charge in [-0.25, -0.2) is 0 Å². The van der Waals surface area contributed by atoms with Crippen LogP contribution in [-0.4, -0.2) is 16.3 Å². The molecular formula is C23H30BrNO2. The third-order valence-electron chi connectivity index (χ3n) is 8.58. The molecule has 5 rings (SSSR count). The van der Waals surface area contributed by atoms with Crippen molar-refractivity contribution in [1.29, 1.82) is 0 Å². The Morgan fingerprint density at radius 3 is 2.74 bits per heavy atom. The normalized spacial score (nSPS) is 41.5. The van der Waals surface area contributed by atoms with Crippen LogP contribution in [-0.2, 0) is 13.0 Å². The van der Waals surface area contributed by atoms with Crippen LogP contribution in [0.15, 0.2) is 12.1 Å². The summed E-state index contributed by atoms with van der Waals surface area (Å²) in [5, 5.41) is 2.99. The molecule has 0 bridgehead atoms. The summed E-state index contributed by atoms with van der Waals surface area (Å²) in [7, 11) is 0. The fourth-order valence-electron chi connectivity index (χ4n) is 7.02. The largest absolute Gasteiger partial charge is 0.486 e. The van der Waals surface area contributed by atoms with E-state index < -0.39 is 0 Å². The van der Waals surface area contributed by atoms with Gasteiger partial charge in [0.1, 0.15) is 11.4 Å². The Kier molecular flexibility index (Phi) is 3.69. The van der Waals surface area contributed by atoms with Crippen molar-refractivity contribution in [2.45, 2.75) is 76.8 Å². The molecule has 146 valence electrons. The van der Waals surface area contributed by atoms with Crippen molar-refractivity contribution in [1.82, 2.24) is 5.32 Å². The van der Waals surface area contributed by atoms with Crippen molar-refractivity contribution in [2.24, 2.45) is 22.7 Å². The number of carbonyl (C=O) groups is 1. The predicted octanol–water partition coefficient (Wildman–Crippen LogP) is 5.24. The molecule has 1 aromatic carbocycles. The zero-order valence-electron chi connectivity index (χ0n) is 16.8. The summed E-state index contributed by atoms with van der Waals surface area (Å²) in [5.74, 6) is 2.23. The summed E-state index contributed by atoms with van der Waals surface area (Å²) < 4.78 is 7.18. The van der Waals surface area contributed by atoms with E-state index >= 15 is 0 Å². The van der Waals surface area contributed by atoms with Crippen molar-refractivity contribution in [3.8, 4) is 5.75 Å². The minimum atomic E-state index is -0.158. The molecular weight excluding hydrogens is 402 g/mol. The first-order valence-corrected chi connectivity index (χ1v) is 11.4. The van der Waals surface area contributed by atoms with Crippen LogP contribution in [0.5, 0.6) is 5.75 Å². The van der Waals surface area contributed by atoms with Gasteiger partial charge in [-0.2, -0.15) is 0 Å². The molecule has 27 heavy (non-hydrogen) atoms. The second kappa shape index (κ2) is 5.52. The molecule has 4 heteroatoms. The second-order valence-corrected chi connectivity index (χ2v) is 11.7. The summed E-state index contributed by atoms with van der Waals surface area (Å²) in [6.45, 7) is 10.4. The molecule has 2 heterocycles. The van der Waals surface area contributed by atoms with Crippen LogP contribution >= 0.6 is 15.9 Å². The van der Waals surface area contributed by atoms with Crippen LogP contribution in [0.25, 0.3) is 0 Å². The molecule has 2 saturated carbocycles. The fraction of sp³-hybridized carbons (Fsp3) is 0.696. The third kappa shape index (κ3) is 2.22. The highest BCUT2D eigenvalue weighted by Crippen LogP contribution is 2.66. The van der Waals surface area contributed by atoms with E-state index in [4.69, 9.17) is 4.74 Å². The number of hydrogen-bond acceptors (Lipinski definition) is 2. The van der Waals surface area contributed by atoms with E-state index in [-0.39, 0.29) is 22.3 Å². The van der Waals surface area contributed by atoms with Gasteiger partial charge < -0.3 is 10.1 Å². The van der Waals surface area contributed by atoms with Gasteiger partial charge in [0.2, 0.25) is 0 Å². The molecule has 0 unspecified atom stereocenters. The van der Waals surface area contributed by atoms with Gasteiger partial charge in [0.05, 0.1) is 0 Å². The molecule has 5 atom stereocenters. The smallest absolute Gasteiger partial charge is 0.252 e. The highest BCUT2D eigenvalue weighted by atomic mass is 79.9. The second-order valence-electron chi connectivity index (χ2n) is 10.4. The molecule has 2 aliphatic carbocycles. The van der Waals surface area contributed by atoms with E-state index in [1.807, 2.05) is 6.07 Å². The molecule has 2 fully saturated rings. The molecule has 0 aromatic heterocycles. The Balaban J connectivity index is 1.72. The van der Waals surface area contributed by atoms with Crippen LogP contribution < -0.4 is 10.1 Å². The van der Waals surface area contributed by atoms with Crippen LogP contribution in [0.2, 0.25) is 0 Å². The number of alkyl halides is 1. The first-order chi connectivity index (χ1) is 12.7. The minimum Gasteiger partial charge on any atom is -0.486 e. The first-order valence-electron chi connectivity index (χ1n) is 10.4. The first kappa shape index (κ1) is 18.0. The Morgan fingerprint density at radius 1 is 1.19 bits per heavy atom. The standard InChI is InChI=1S/C23H30BrNO2/c1-13-5-8-18-21(2,3)10-15(24)11-23(18)22(13,4)9-14-6-7-16-17(19(14)27-23)12-25-20(16)26/h6-7,13,15,18H,5,8-12H2,1-4H3,(H,25,26)/t13-,15+,18-,22+,23-/m0/s1. The quantitative estimate of drug-likeness (QED) is 0.570. The zero-order valence-corrected chi connectivity index (χ0v) is 18.4. The number of ether oxygens (including phenoxy) is 1. The van der Waals surface area contributed by atoms with Gasteiger partial charge in [0.15, 0.2) is 0 Å². The molecule has 0 radical (unpaired) electrons. The summed E-state index contributed by atoms with van der Waals surface area (Å²) in [4.78, 5) is 12.7. The molecule has 3 nitrogen and oxygen atoms in total. The van der Waals surface area contributed by atoms with Crippen molar-refractivity contribution >= 4 is 21.8 Å². The third-order valence-corrected chi connectivity index (χ3v) is 9.22. The zero-order chi connectivity index (χ0) is 19.2. The van der Waals surface area contributed by atoms with E-state index in [0.717, 1.165) is 29.7 Å². The minimum absolute atomic E-state index is 0.0399. The van der Waals surface area contributed by atoms with Gasteiger partial charge in [0, 0.05) is 40.3 Å². The molecule has 1 aromatic rings. The average Bonchev–Trinajstić information content (AvgIpc) is 2.95. The van der Waals surface area contributed by atoms with E-state index in [1.54, 1.807) is 0 Å². The van der Waals surface area contributed by atoms with Crippen LogP contribution in [0.3, 0.4) is 0 Å². The Hall–Kier alpha value is -1.03. The summed E-state index contributed by atoms with van der Waals surface area (Å²) in [6.07, 6.45) is 5.84. The number of nitrogens with one attached hydrogen (secondary N) is 1. The number of fused-ring (bicyclic) bond motifs is 3. The number of rotatable bonds is 0. The van der Waals surface area contributed by atoms with Gasteiger partial charge in [-0.1, -0.05) is 49.7 Å². The molecule has 4 aliphatic rings. The van der Waals surface area contributed by atoms with Gasteiger partial charge in [-0.05, 0) is 48.6 Å². The molecule has 1 spiro atoms. The SMILES string of the molecule is C[C@H]1CC[C@H]2C(C)(C)C[C@@H](Br)C[C@]23Oc2c(ccc4c2CNC4=O)C[C@]13C. The monoisotopic (exact) mass is 431 g/mol. The van der Waals surface area contributed by atoms with E-state index in [9.17, 15) is 4.79 Å². The average molecular weight is 432 g/mol. The highest BCUT2D eigenvalue weighted by molar-refractivity contribution is 9.09. The van der Waals surface area contributed by atoms with Gasteiger partial charge in [-0.15, -0.1) is 0 Å². The fourth-order valence-corrected chi connectivity index (χ4v) is 8.34. The number of hydrogen-bond donors (Lipinski definition) is 1. The summed E-state index contributed by atoms with van der Waals surface area (Å²) in [5.41, 5.74) is 3.39. The molecule has 2 aliphatic heterocycles. The van der Waals surface area contributed by atoms with Crippen LogP contribution in [0.1, 0.15) is 74.9 Å². The topological polar surface area (TPSA) is 38.3 Å². The lowest BCUT2D eigenvalue weighted by atomic mass is 9.44. The Morgan fingerprint density at radius 2 is 1.96 bits per heavy atom. The van der Waals surface area contributed by atoms with E-state index in [2.05, 4.69) is 55.0 Å². The van der Waals surface area contributed by atoms with Gasteiger partial charge >= 0.3 is 0 Å². The maximum absolute atomic E-state index is 12.2. The van der Waals surface area contributed by atoms with Gasteiger partial charge in [0.25, 0.3) is 5.91 Å². The Labute approximate surface area is 170 Å². The van der Waals surface area contributed by atoms with E-state index in [0.29, 0.717) is 23.2 Å². The van der Waals surface area contributed by atoms with Crippen LogP contribution in [0.4, 0.5) is 0 Å². The summed E-state index contributed by atoms with van der Waals surface area (Å²) >= 11 is 3.99. The number of amides is 1. The lowest BCUT2D eigenvalue weighted by Crippen LogP contribution is -2.69. The maximum Gasteiger partial charge on any atom is 0.252 e. The van der Waals surface area contributed by atoms with Crippen molar-refractivity contribution in [3.63, 3.8) is 0 Å². The number of benzene rings is 1. The molecule has 1 amide bonds. The number of halogens is 1. The lowest BCUT2D eigenvalue weighted by molar-refractivity contribution is -0.208. The summed E-state index contributed by atoms with van der Waals surface area (Å²) in [6, 6.07) is 4.15. The number of carbonyl (C=O) groups excluding carboxylic acids is 1. The van der Waals surface area contributed by atoms with Crippen LogP contribution in [0, 0.1) is 22.7 Å². The predicted molar refractivity (Wildman–Crippen MR) is 110 cm³/mol. The maximum atomic E-state index is 12.2. The van der Waals surface area contributed by atoms with Crippen molar-refractivity contribution in [2.75, 3.05) is 0 Å². The molecule has 0 saturated heterocycles. The molecule has 1 N–H and O–H groups in total. The van der Waals surface area contributed by atoms with E-state index in [1.165, 1.54) is 24.8 Å². The van der Waals surface area contributed by atoms with Crippen molar-refractivity contribution < 1.29 is 9.53 Å². The Bertz CT molecular complexity index is 834. The lowest BCUT2D eigenvalue weighted by Gasteiger charge is -2.67.